The predicted molar refractivity (Wildman–Crippen MR) is 52.5 cm³/mol. The van der Waals surface area contributed by atoms with E-state index < -0.39 is 17.6 Å². The first-order chi connectivity index (χ1) is 6.29. The molecule has 3 N–H and O–H groups in total. The minimum absolute atomic E-state index is 0.297. The van der Waals surface area contributed by atoms with Gasteiger partial charge in [-0.25, -0.2) is 4.79 Å². The number of rotatable bonds is 4. The molecule has 0 aromatic rings. The maximum atomic E-state index is 11.3. The van der Waals surface area contributed by atoms with Gasteiger partial charge in [-0.1, -0.05) is 0 Å². The van der Waals surface area contributed by atoms with Crippen LogP contribution in [-0.4, -0.2) is 30.1 Å². The Hall–Kier alpha value is -1.10. The lowest BCUT2D eigenvalue weighted by Gasteiger charge is -2.20. The van der Waals surface area contributed by atoms with Gasteiger partial charge in [-0.2, -0.15) is 0 Å². The number of carbonyl (C=O) groups is 2. The molecular weight excluding hydrogens is 184 g/mol. The molecule has 0 aromatic carbocycles. The highest BCUT2D eigenvalue weighted by Crippen LogP contribution is 1.98. The lowest BCUT2D eigenvalue weighted by Crippen LogP contribution is -2.53. The normalized spacial score (nSPS) is 13.2. The van der Waals surface area contributed by atoms with Gasteiger partial charge in [-0.05, 0) is 27.7 Å². The van der Waals surface area contributed by atoms with Gasteiger partial charge in [0.05, 0.1) is 12.1 Å². The number of esters is 1. The molecular formula is C9H18N2O3. The summed E-state index contributed by atoms with van der Waals surface area (Å²) < 4.78 is 4.72. The third kappa shape index (κ3) is 4.23. The van der Waals surface area contributed by atoms with Crippen molar-refractivity contribution in [2.75, 3.05) is 6.61 Å². The van der Waals surface area contributed by atoms with Gasteiger partial charge in [0.25, 0.3) is 0 Å². The fourth-order valence-corrected chi connectivity index (χ4v) is 0.709. The Kier molecular flexibility index (Phi) is 4.56. The van der Waals surface area contributed by atoms with Gasteiger partial charge >= 0.3 is 5.97 Å². The second-order valence-corrected chi connectivity index (χ2v) is 3.67. The highest BCUT2D eigenvalue weighted by molar-refractivity contribution is 5.89. The van der Waals surface area contributed by atoms with Crippen molar-refractivity contribution in [2.45, 2.75) is 39.3 Å². The van der Waals surface area contributed by atoms with Crippen molar-refractivity contribution >= 4 is 11.9 Å². The Bertz CT molecular complexity index is 221. The molecule has 0 bridgehead atoms. The number of carbonyl (C=O) groups excluding carboxylic acids is 2. The van der Waals surface area contributed by atoms with Crippen LogP contribution in [0.25, 0.3) is 0 Å². The molecule has 0 saturated carbocycles. The van der Waals surface area contributed by atoms with E-state index in [1.807, 2.05) is 0 Å². The van der Waals surface area contributed by atoms with E-state index in [-0.39, 0.29) is 5.91 Å². The highest BCUT2D eigenvalue weighted by atomic mass is 16.5. The second kappa shape index (κ2) is 4.95. The second-order valence-electron chi connectivity index (χ2n) is 3.67. The average Bonchev–Trinajstić information content (AvgIpc) is 2.02. The molecule has 1 atom stereocenters. The maximum Gasteiger partial charge on any atom is 0.328 e. The van der Waals surface area contributed by atoms with Crippen LogP contribution in [0.3, 0.4) is 0 Å². The Morgan fingerprint density at radius 2 is 2.00 bits per heavy atom. The van der Waals surface area contributed by atoms with Crippen LogP contribution in [0.5, 0.6) is 0 Å². The third-order valence-electron chi connectivity index (χ3n) is 1.57. The molecule has 0 fully saturated rings. The standard InChI is InChI=1S/C9H18N2O3/c1-5-14-7(12)6(2)11-8(13)9(3,4)10/h6H,5,10H2,1-4H3,(H,11,13)/t6-/m0/s1. The molecule has 0 saturated heterocycles. The van der Waals surface area contributed by atoms with Gasteiger partial charge in [0.2, 0.25) is 5.91 Å². The first kappa shape index (κ1) is 12.9. The van der Waals surface area contributed by atoms with Gasteiger partial charge in [0, 0.05) is 0 Å². The summed E-state index contributed by atoms with van der Waals surface area (Å²) >= 11 is 0. The van der Waals surface area contributed by atoms with E-state index in [2.05, 4.69) is 5.32 Å². The number of hydrogen-bond acceptors (Lipinski definition) is 4. The smallest absolute Gasteiger partial charge is 0.328 e. The number of hydrogen-bond donors (Lipinski definition) is 2. The molecule has 82 valence electrons. The van der Waals surface area contributed by atoms with Gasteiger partial charge < -0.3 is 15.8 Å². The molecule has 0 radical (unpaired) electrons. The van der Waals surface area contributed by atoms with Crippen LogP contribution < -0.4 is 11.1 Å². The van der Waals surface area contributed by atoms with Crippen LogP contribution in [0.1, 0.15) is 27.7 Å². The lowest BCUT2D eigenvalue weighted by molar-refractivity contribution is -0.147. The minimum Gasteiger partial charge on any atom is -0.464 e. The SMILES string of the molecule is CCOC(=O)[C@H](C)NC(=O)C(C)(C)N. The summed E-state index contributed by atoms with van der Waals surface area (Å²) in [6, 6.07) is -0.662. The van der Waals surface area contributed by atoms with Crippen LogP contribution >= 0.6 is 0 Å². The first-order valence-electron chi connectivity index (χ1n) is 4.55. The lowest BCUT2D eigenvalue weighted by atomic mass is 10.1. The molecule has 0 aliphatic heterocycles. The van der Waals surface area contributed by atoms with E-state index in [9.17, 15) is 9.59 Å². The molecule has 0 heterocycles. The molecule has 0 aromatic heterocycles. The minimum atomic E-state index is -0.985. The van der Waals surface area contributed by atoms with Crippen LogP contribution in [0.15, 0.2) is 0 Å². The van der Waals surface area contributed by atoms with Crippen molar-refractivity contribution in [1.82, 2.24) is 5.32 Å². The van der Waals surface area contributed by atoms with Crippen LogP contribution in [0.4, 0.5) is 0 Å². The highest BCUT2D eigenvalue weighted by Gasteiger charge is 2.25. The summed E-state index contributed by atoms with van der Waals surface area (Å²) in [5, 5.41) is 2.47. The number of nitrogens with two attached hydrogens (primary N) is 1. The first-order valence-corrected chi connectivity index (χ1v) is 4.55. The zero-order valence-electron chi connectivity index (χ0n) is 9.09. The van der Waals surface area contributed by atoms with Gasteiger partial charge in [-0.15, -0.1) is 0 Å². The van der Waals surface area contributed by atoms with Crippen molar-refractivity contribution in [3.8, 4) is 0 Å². The Morgan fingerprint density at radius 3 is 2.36 bits per heavy atom. The number of ether oxygens (including phenoxy) is 1. The van der Waals surface area contributed by atoms with E-state index in [0.717, 1.165) is 0 Å². The summed E-state index contributed by atoms with van der Waals surface area (Å²) in [4.78, 5) is 22.5. The molecule has 0 rings (SSSR count). The third-order valence-corrected chi connectivity index (χ3v) is 1.57. The van der Waals surface area contributed by atoms with Crippen molar-refractivity contribution in [2.24, 2.45) is 5.73 Å². The van der Waals surface area contributed by atoms with E-state index in [1.54, 1.807) is 27.7 Å². The van der Waals surface area contributed by atoms with Gasteiger partial charge in [0.1, 0.15) is 6.04 Å². The maximum absolute atomic E-state index is 11.3. The molecule has 5 heteroatoms. The summed E-state index contributed by atoms with van der Waals surface area (Å²) in [5.41, 5.74) is 4.55. The Labute approximate surface area is 84.0 Å². The fourth-order valence-electron chi connectivity index (χ4n) is 0.709. The quantitative estimate of drug-likeness (QED) is 0.618. The van der Waals surface area contributed by atoms with Crippen LogP contribution in [0, 0.1) is 0 Å². The molecule has 5 nitrogen and oxygen atoms in total. The summed E-state index contributed by atoms with van der Waals surface area (Å²) in [5.74, 6) is -0.830. The van der Waals surface area contributed by atoms with Crippen molar-refractivity contribution < 1.29 is 14.3 Å². The molecule has 0 aliphatic carbocycles. The van der Waals surface area contributed by atoms with Gasteiger partial charge in [-0.3, -0.25) is 4.79 Å². The van der Waals surface area contributed by atoms with Crippen molar-refractivity contribution in [1.29, 1.82) is 0 Å². The topological polar surface area (TPSA) is 81.4 Å². The summed E-state index contributed by atoms with van der Waals surface area (Å²) in [7, 11) is 0. The molecule has 0 aliphatic rings. The van der Waals surface area contributed by atoms with Crippen LogP contribution in [-0.2, 0) is 14.3 Å². The van der Waals surface area contributed by atoms with E-state index in [1.165, 1.54) is 0 Å². The zero-order valence-corrected chi connectivity index (χ0v) is 9.09. The Morgan fingerprint density at radius 1 is 1.50 bits per heavy atom. The summed E-state index contributed by atoms with van der Waals surface area (Å²) in [6.07, 6.45) is 0. The molecule has 0 spiro atoms. The van der Waals surface area contributed by atoms with E-state index in [4.69, 9.17) is 10.5 Å². The van der Waals surface area contributed by atoms with Gasteiger partial charge in [0.15, 0.2) is 0 Å². The molecule has 0 unspecified atom stereocenters. The monoisotopic (exact) mass is 202 g/mol. The Balaban J connectivity index is 4.13. The van der Waals surface area contributed by atoms with Crippen molar-refractivity contribution in [3.05, 3.63) is 0 Å². The van der Waals surface area contributed by atoms with E-state index >= 15 is 0 Å². The number of nitrogens with one attached hydrogen (secondary N) is 1. The molecule has 14 heavy (non-hydrogen) atoms. The predicted octanol–water partition coefficient (Wildman–Crippen LogP) is -0.208. The zero-order chi connectivity index (χ0) is 11.4. The largest absolute Gasteiger partial charge is 0.464 e. The van der Waals surface area contributed by atoms with Crippen molar-refractivity contribution in [3.63, 3.8) is 0 Å². The van der Waals surface area contributed by atoms with E-state index in [0.29, 0.717) is 6.61 Å². The number of amides is 1. The molecule has 1 amide bonds. The summed E-state index contributed by atoms with van der Waals surface area (Å²) in [6.45, 7) is 6.70. The average molecular weight is 202 g/mol. The van der Waals surface area contributed by atoms with Crippen LogP contribution in [0.2, 0.25) is 0 Å². The fraction of sp³-hybridized carbons (Fsp3) is 0.778.